The lowest BCUT2D eigenvalue weighted by Crippen LogP contribution is -2.49. The Bertz CT molecular complexity index is 841. The van der Waals surface area contributed by atoms with Gasteiger partial charge in [-0.2, -0.15) is 0 Å². The Morgan fingerprint density at radius 3 is 2.41 bits per heavy atom. The largest absolute Gasteiger partial charge is 0.497 e. The lowest BCUT2D eigenvalue weighted by Gasteiger charge is -2.37. The van der Waals surface area contributed by atoms with Crippen molar-refractivity contribution in [1.82, 2.24) is 9.80 Å². The molecule has 4 nitrogen and oxygen atoms in total. The number of amides is 1. The van der Waals surface area contributed by atoms with Gasteiger partial charge in [0.25, 0.3) is 0 Å². The zero-order chi connectivity index (χ0) is 20.4. The Hall–Kier alpha value is -2.47. The molecule has 0 saturated carbocycles. The molecule has 2 fully saturated rings. The van der Waals surface area contributed by atoms with E-state index in [0.29, 0.717) is 32.5 Å². The van der Waals surface area contributed by atoms with E-state index in [4.69, 9.17) is 4.74 Å². The van der Waals surface area contributed by atoms with Crippen molar-refractivity contribution in [2.75, 3.05) is 26.7 Å². The van der Waals surface area contributed by atoms with Gasteiger partial charge in [0.2, 0.25) is 5.91 Å². The van der Waals surface area contributed by atoms with Crippen molar-refractivity contribution in [1.29, 1.82) is 0 Å². The molecule has 2 aromatic rings. The summed E-state index contributed by atoms with van der Waals surface area (Å²) in [5.41, 5.74) is 1.88. The molecule has 2 aliphatic heterocycles. The summed E-state index contributed by atoms with van der Waals surface area (Å²) in [6.45, 7) is 2.10. The average Bonchev–Trinajstić information content (AvgIpc) is 3.10. The molecule has 1 unspecified atom stereocenters. The minimum Gasteiger partial charge on any atom is -0.497 e. The van der Waals surface area contributed by atoms with Gasteiger partial charge in [0.05, 0.1) is 13.2 Å². The van der Waals surface area contributed by atoms with Gasteiger partial charge in [0, 0.05) is 25.6 Å². The van der Waals surface area contributed by atoms with E-state index < -0.39 is 6.17 Å². The van der Waals surface area contributed by atoms with E-state index in [9.17, 15) is 13.6 Å². The van der Waals surface area contributed by atoms with Crippen LogP contribution in [-0.2, 0) is 11.3 Å². The average molecular weight is 400 g/mol. The van der Waals surface area contributed by atoms with Crippen molar-refractivity contribution in [3.05, 3.63) is 65.5 Å². The Kier molecular flexibility index (Phi) is 5.81. The van der Waals surface area contributed by atoms with E-state index in [2.05, 4.69) is 0 Å². The molecule has 0 radical (unpaired) electrons. The summed E-state index contributed by atoms with van der Waals surface area (Å²) in [7, 11) is 1.61. The Balaban J connectivity index is 1.36. The van der Waals surface area contributed by atoms with Gasteiger partial charge < -0.3 is 9.64 Å². The van der Waals surface area contributed by atoms with Gasteiger partial charge in [-0.1, -0.05) is 24.3 Å². The number of hydrogen-bond donors (Lipinski definition) is 0. The van der Waals surface area contributed by atoms with Crippen molar-refractivity contribution >= 4 is 5.91 Å². The first kappa shape index (κ1) is 19.8. The van der Waals surface area contributed by atoms with E-state index in [1.165, 1.54) is 12.1 Å². The molecule has 0 N–H and O–H groups in total. The van der Waals surface area contributed by atoms with Crippen LogP contribution >= 0.6 is 0 Å². The lowest BCUT2D eigenvalue weighted by atomic mass is 9.87. The third-order valence-corrected chi connectivity index (χ3v) is 6.11. The van der Waals surface area contributed by atoms with Crippen LogP contribution in [0.3, 0.4) is 0 Å². The van der Waals surface area contributed by atoms with E-state index >= 15 is 0 Å². The highest BCUT2D eigenvalue weighted by Crippen LogP contribution is 2.33. The molecule has 2 aliphatic rings. The van der Waals surface area contributed by atoms with Gasteiger partial charge in [0.1, 0.15) is 17.7 Å². The highest BCUT2D eigenvalue weighted by Gasteiger charge is 2.40. The van der Waals surface area contributed by atoms with Gasteiger partial charge in [-0.3, -0.25) is 9.69 Å². The number of halogens is 2. The Morgan fingerprint density at radius 2 is 1.76 bits per heavy atom. The number of piperidine rings is 1. The fourth-order valence-electron chi connectivity index (χ4n) is 4.47. The van der Waals surface area contributed by atoms with Crippen LogP contribution < -0.4 is 4.74 Å². The second kappa shape index (κ2) is 8.49. The number of methoxy groups -OCH3 is 1. The molecule has 0 aromatic heterocycles. The molecule has 0 bridgehead atoms. The summed E-state index contributed by atoms with van der Waals surface area (Å²) < 4.78 is 33.3. The number of carbonyl (C=O) groups excluding carboxylic acids is 1. The van der Waals surface area contributed by atoms with E-state index in [1.54, 1.807) is 24.1 Å². The van der Waals surface area contributed by atoms with Gasteiger partial charge in [-0.15, -0.1) is 0 Å². The maximum atomic E-state index is 15.0. The van der Waals surface area contributed by atoms with Crippen LogP contribution in [0.5, 0.6) is 5.75 Å². The number of hydrogen-bond acceptors (Lipinski definition) is 3. The molecular weight excluding hydrogens is 374 g/mol. The lowest BCUT2D eigenvalue weighted by molar-refractivity contribution is -0.133. The predicted octanol–water partition coefficient (Wildman–Crippen LogP) is 3.76. The molecular formula is C23H26F2N2O2. The number of ether oxygens (including phenoxy) is 1. The topological polar surface area (TPSA) is 32.8 Å². The van der Waals surface area contributed by atoms with Gasteiger partial charge in [-0.25, -0.2) is 8.78 Å². The summed E-state index contributed by atoms with van der Waals surface area (Å²) in [5, 5.41) is 0. The van der Waals surface area contributed by atoms with E-state index in [0.717, 1.165) is 16.9 Å². The molecule has 154 valence electrons. The number of nitrogens with zero attached hydrogens (tertiary/aromatic N) is 2. The van der Waals surface area contributed by atoms with Gasteiger partial charge in [0.15, 0.2) is 0 Å². The van der Waals surface area contributed by atoms with E-state index in [1.807, 2.05) is 29.2 Å². The van der Waals surface area contributed by atoms with Gasteiger partial charge >= 0.3 is 0 Å². The van der Waals surface area contributed by atoms with E-state index in [-0.39, 0.29) is 30.2 Å². The number of alkyl halides is 1. The van der Waals surface area contributed by atoms with Crippen molar-refractivity contribution < 1.29 is 18.3 Å². The first-order chi connectivity index (χ1) is 14.0. The van der Waals surface area contributed by atoms with Crippen LogP contribution in [0.4, 0.5) is 8.78 Å². The van der Waals surface area contributed by atoms with Crippen molar-refractivity contribution in [2.24, 2.45) is 0 Å². The molecule has 2 heterocycles. The summed E-state index contributed by atoms with van der Waals surface area (Å²) in [4.78, 5) is 16.7. The van der Waals surface area contributed by atoms with Gasteiger partial charge in [-0.05, 0) is 54.8 Å². The predicted molar refractivity (Wildman–Crippen MR) is 107 cm³/mol. The number of rotatable bonds is 5. The quantitative estimate of drug-likeness (QED) is 0.766. The smallest absolute Gasteiger partial charge is 0.240 e. The molecule has 0 aliphatic carbocycles. The number of benzene rings is 2. The fraction of sp³-hybridized carbons (Fsp3) is 0.435. The Labute approximate surface area is 170 Å². The summed E-state index contributed by atoms with van der Waals surface area (Å²) >= 11 is 0. The molecule has 29 heavy (non-hydrogen) atoms. The second-order valence-corrected chi connectivity index (χ2v) is 7.87. The van der Waals surface area contributed by atoms with Crippen molar-refractivity contribution in [2.45, 2.75) is 37.5 Å². The zero-order valence-corrected chi connectivity index (χ0v) is 16.6. The monoisotopic (exact) mass is 400 g/mol. The van der Waals surface area contributed by atoms with Crippen molar-refractivity contribution in [3.63, 3.8) is 0 Å². The fourth-order valence-corrected chi connectivity index (χ4v) is 4.47. The first-order valence-corrected chi connectivity index (χ1v) is 10.1. The number of carbonyl (C=O) groups is 1. The molecule has 4 rings (SSSR count). The Morgan fingerprint density at radius 1 is 1.03 bits per heavy atom. The molecule has 1 amide bonds. The van der Waals surface area contributed by atoms with Crippen LogP contribution in [-0.4, -0.2) is 54.7 Å². The molecule has 2 aromatic carbocycles. The maximum absolute atomic E-state index is 15.0. The maximum Gasteiger partial charge on any atom is 0.240 e. The molecule has 6 heteroatoms. The van der Waals surface area contributed by atoms with Crippen LogP contribution in [0.15, 0.2) is 48.5 Å². The number of likely N-dealkylation sites (tertiary alicyclic amines) is 2. The van der Waals surface area contributed by atoms with Crippen LogP contribution in [0.1, 0.15) is 29.9 Å². The van der Waals surface area contributed by atoms with Crippen LogP contribution in [0.2, 0.25) is 0 Å². The third-order valence-electron chi connectivity index (χ3n) is 6.11. The molecule has 0 spiro atoms. The standard InChI is InChI=1S/C23H26F2N2O2/c1-29-19-8-4-17(5-9-19)20-10-12-26(15-21(20)25)22-11-13-27(23(22)28)14-16-2-6-18(24)7-3-16/h2-9,20-22H,10-15H2,1H3/t20-,21+,22?/m1/s1. The first-order valence-electron chi connectivity index (χ1n) is 10.1. The highest BCUT2D eigenvalue weighted by atomic mass is 19.1. The SMILES string of the molecule is COc1ccc([C@H]2CCN(C3CCN(Cc4ccc(F)cc4)C3=O)C[C@@H]2F)cc1. The third kappa shape index (κ3) is 4.27. The summed E-state index contributed by atoms with van der Waals surface area (Å²) in [5.74, 6) is 0.376. The summed E-state index contributed by atoms with van der Waals surface area (Å²) in [6, 6.07) is 13.5. The molecule has 2 saturated heterocycles. The highest BCUT2D eigenvalue weighted by molar-refractivity contribution is 5.84. The normalized spacial score (nSPS) is 25.4. The minimum absolute atomic E-state index is 0.0458. The summed E-state index contributed by atoms with van der Waals surface area (Å²) in [6.07, 6.45) is 0.394. The van der Waals surface area contributed by atoms with Crippen LogP contribution in [0.25, 0.3) is 0 Å². The van der Waals surface area contributed by atoms with Crippen molar-refractivity contribution in [3.8, 4) is 5.75 Å². The minimum atomic E-state index is -1.00. The molecule has 3 atom stereocenters. The zero-order valence-electron chi connectivity index (χ0n) is 16.6. The van der Waals surface area contributed by atoms with Crippen LogP contribution in [0, 0.1) is 5.82 Å². The second-order valence-electron chi connectivity index (χ2n) is 7.87.